The Morgan fingerprint density at radius 2 is 2.11 bits per heavy atom. The standard InChI is InChI=1S/C11H14N4O3/c1-5-17-11(16)9-13-10(15(4)14-9)8-6(2)12-7(3)18-8/h5H2,1-4H3. The highest BCUT2D eigenvalue weighted by Gasteiger charge is 2.20. The zero-order valence-corrected chi connectivity index (χ0v) is 10.7. The molecule has 0 spiro atoms. The summed E-state index contributed by atoms with van der Waals surface area (Å²) in [6.45, 7) is 5.57. The summed E-state index contributed by atoms with van der Waals surface area (Å²) in [6, 6.07) is 0. The van der Waals surface area contributed by atoms with Crippen molar-refractivity contribution in [3.8, 4) is 11.6 Å². The number of hydrogen-bond donors (Lipinski definition) is 0. The molecule has 0 unspecified atom stereocenters. The Bertz CT molecular complexity index is 585. The molecule has 0 aromatic carbocycles. The minimum atomic E-state index is -0.548. The molecular weight excluding hydrogens is 236 g/mol. The van der Waals surface area contributed by atoms with Crippen LogP contribution in [0.4, 0.5) is 0 Å². The molecule has 0 atom stereocenters. The summed E-state index contributed by atoms with van der Waals surface area (Å²) in [4.78, 5) is 19.8. The summed E-state index contributed by atoms with van der Waals surface area (Å²) in [7, 11) is 1.68. The third-order valence-corrected chi connectivity index (χ3v) is 2.33. The molecule has 0 aliphatic carbocycles. The molecule has 0 radical (unpaired) electrons. The van der Waals surface area contributed by atoms with Crippen LogP contribution >= 0.6 is 0 Å². The van der Waals surface area contributed by atoms with Crippen LogP contribution in [0.5, 0.6) is 0 Å². The molecule has 0 aliphatic heterocycles. The first-order chi connectivity index (χ1) is 8.52. The van der Waals surface area contributed by atoms with E-state index < -0.39 is 5.97 Å². The summed E-state index contributed by atoms with van der Waals surface area (Å²) >= 11 is 0. The van der Waals surface area contributed by atoms with Gasteiger partial charge >= 0.3 is 5.97 Å². The molecule has 2 heterocycles. The highest BCUT2D eigenvalue weighted by molar-refractivity contribution is 5.85. The van der Waals surface area contributed by atoms with Gasteiger partial charge in [-0.3, -0.25) is 0 Å². The molecule has 7 nitrogen and oxygen atoms in total. The number of ether oxygens (including phenoxy) is 1. The smallest absolute Gasteiger partial charge is 0.378 e. The van der Waals surface area contributed by atoms with Gasteiger partial charge in [-0.1, -0.05) is 0 Å². The second-order valence-corrected chi connectivity index (χ2v) is 3.75. The van der Waals surface area contributed by atoms with Crippen molar-refractivity contribution in [2.24, 2.45) is 7.05 Å². The fraction of sp³-hybridized carbons (Fsp3) is 0.455. The number of nitrogens with zero attached hydrogens (tertiary/aromatic N) is 4. The van der Waals surface area contributed by atoms with Gasteiger partial charge in [0, 0.05) is 14.0 Å². The largest absolute Gasteiger partial charge is 0.460 e. The number of carbonyl (C=O) groups is 1. The Labute approximate surface area is 104 Å². The van der Waals surface area contributed by atoms with Gasteiger partial charge in [0.2, 0.25) is 0 Å². The number of oxazole rings is 1. The van der Waals surface area contributed by atoms with Crippen LogP contribution in [-0.2, 0) is 11.8 Å². The van der Waals surface area contributed by atoms with Crippen LogP contribution in [0.1, 0.15) is 29.1 Å². The minimum Gasteiger partial charge on any atom is -0.460 e. The lowest BCUT2D eigenvalue weighted by atomic mass is 10.3. The van der Waals surface area contributed by atoms with Crippen LogP contribution in [-0.4, -0.2) is 32.3 Å². The van der Waals surface area contributed by atoms with E-state index in [4.69, 9.17) is 9.15 Å². The summed E-state index contributed by atoms with van der Waals surface area (Å²) in [5.74, 6) is 0.980. The van der Waals surface area contributed by atoms with Gasteiger partial charge in [-0.2, -0.15) is 4.98 Å². The summed E-state index contributed by atoms with van der Waals surface area (Å²) in [5, 5.41) is 4.00. The molecule has 2 rings (SSSR count). The quantitative estimate of drug-likeness (QED) is 0.763. The van der Waals surface area contributed by atoms with Gasteiger partial charge in [-0.25, -0.2) is 14.5 Å². The summed E-state index contributed by atoms with van der Waals surface area (Å²) in [5.41, 5.74) is 0.707. The molecule has 2 aromatic heterocycles. The van der Waals surface area contributed by atoms with Gasteiger partial charge in [-0.05, 0) is 13.8 Å². The van der Waals surface area contributed by atoms with E-state index in [1.165, 1.54) is 4.68 Å². The van der Waals surface area contributed by atoms with E-state index in [2.05, 4.69) is 15.1 Å². The number of esters is 1. The molecule has 96 valence electrons. The molecule has 18 heavy (non-hydrogen) atoms. The fourth-order valence-corrected chi connectivity index (χ4v) is 1.60. The Kier molecular flexibility index (Phi) is 3.14. The first-order valence-electron chi connectivity index (χ1n) is 5.55. The molecule has 0 aliphatic rings. The van der Waals surface area contributed by atoms with Crippen molar-refractivity contribution in [1.29, 1.82) is 0 Å². The van der Waals surface area contributed by atoms with Crippen LogP contribution in [0.15, 0.2) is 4.42 Å². The van der Waals surface area contributed by atoms with Crippen LogP contribution in [0.3, 0.4) is 0 Å². The van der Waals surface area contributed by atoms with E-state index in [1.807, 2.05) is 6.92 Å². The van der Waals surface area contributed by atoms with Crippen molar-refractivity contribution in [3.63, 3.8) is 0 Å². The van der Waals surface area contributed by atoms with E-state index in [0.717, 1.165) is 0 Å². The maximum atomic E-state index is 11.5. The summed E-state index contributed by atoms with van der Waals surface area (Å²) < 4.78 is 11.8. The van der Waals surface area contributed by atoms with Gasteiger partial charge in [-0.15, -0.1) is 5.10 Å². The van der Waals surface area contributed by atoms with E-state index in [0.29, 0.717) is 23.2 Å². The molecule has 0 saturated heterocycles. The third-order valence-electron chi connectivity index (χ3n) is 2.33. The number of carbonyl (C=O) groups excluding carboxylic acids is 1. The molecule has 0 fully saturated rings. The first-order valence-corrected chi connectivity index (χ1v) is 5.55. The normalized spacial score (nSPS) is 10.7. The Hall–Kier alpha value is -2.18. The molecule has 7 heteroatoms. The molecule has 0 bridgehead atoms. The van der Waals surface area contributed by atoms with Crippen molar-refractivity contribution in [2.75, 3.05) is 6.61 Å². The second-order valence-electron chi connectivity index (χ2n) is 3.75. The molecule has 0 saturated carbocycles. The molecule has 0 amide bonds. The van der Waals surface area contributed by atoms with E-state index in [9.17, 15) is 4.79 Å². The minimum absolute atomic E-state index is 0.0165. The van der Waals surface area contributed by atoms with Gasteiger partial charge in [0.1, 0.15) is 0 Å². The van der Waals surface area contributed by atoms with Crippen molar-refractivity contribution in [2.45, 2.75) is 20.8 Å². The van der Waals surface area contributed by atoms with E-state index in [1.54, 1.807) is 20.9 Å². The average molecular weight is 250 g/mol. The Balaban J connectivity index is 2.41. The fourth-order valence-electron chi connectivity index (χ4n) is 1.60. The Morgan fingerprint density at radius 3 is 2.67 bits per heavy atom. The highest BCUT2D eigenvalue weighted by atomic mass is 16.5. The Morgan fingerprint density at radius 1 is 1.39 bits per heavy atom. The molecule has 0 N–H and O–H groups in total. The van der Waals surface area contributed by atoms with Crippen molar-refractivity contribution in [1.82, 2.24) is 19.7 Å². The number of aryl methyl sites for hydroxylation is 3. The zero-order valence-electron chi connectivity index (χ0n) is 10.7. The number of hydrogen-bond acceptors (Lipinski definition) is 6. The maximum Gasteiger partial charge on any atom is 0.378 e. The number of aromatic nitrogens is 4. The summed E-state index contributed by atoms with van der Waals surface area (Å²) in [6.07, 6.45) is 0. The van der Waals surface area contributed by atoms with Crippen molar-refractivity contribution >= 4 is 5.97 Å². The predicted octanol–water partition coefficient (Wildman–Crippen LogP) is 1.26. The first kappa shape index (κ1) is 12.3. The third kappa shape index (κ3) is 2.11. The zero-order chi connectivity index (χ0) is 13.3. The monoisotopic (exact) mass is 250 g/mol. The SMILES string of the molecule is CCOC(=O)c1nc(-c2oc(C)nc2C)n(C)n1. The predicted molar refractivity (Wildman–Crippen MR) is 61.9 cm³/mol. The average Bonchev–Trinajstić information content (AvgIpc) is 2.82. The number of rotatable bonds is 3. The highest BCUT2D eigenvalue weighted by Crippen LogP contribution is 2.22. The molecular formula is C11H14N4O3. The van der Waals surface area contributed by atoms with Crippen LogP contribution < -0.4 is 0 Å². The van der Waals surface area contributed by atoms with Crippen molar-refractivity contribution < 1.29 is 13.9 Å². The van der Waals surface area contributed by atoms with Gasteiger partial charge in [0.15, 0.2) is 17.5 Å². The topological polar surface area (TPSA) is 83.0 Å². The van der Waals surface area contributed by atoms with Gasteiger partial charge < -0.3 is 9.15 Å². The van der Waals surface area contributed by atoms with Gasteiger partial charge in [0.25, 0.3) is 5.82 Å². The lowest BCUT2D eigenvalue weighted by Crippen LogP contribution is -2.07. The van der Waals surface area contributed by atoms with E-state index >= 15 is 0 Å². The van der Waals surface area contributed by atoms with E-state index in [-0.39, 0.29) is 12.4 Å². The maximum absolute atomic E-state index is 11.5. The van der Waals surface area contributed by atoms with Crippen molar-refractivity contribution in [3.05, 3.63) is 17.4 Å². The van der Waals surface area contributed by atoms with Crippen LogP contribution in [0, 0.1) is 13.8 Å². The molecule has 2 aromatic rings. The van der Waals surface area contributed by atoms with Gasteiger partial charge in [0.05, 0.1) is 12.3 Å². The van der Waals surface area contributed by atoms with Crippen LogP contribution in [0.25, 0.3) is 11.6 Å². The lowest BCUT2D eigenvalue weighted by molar-refractivity contribution is 0.0512. The second kappa shape index (κ2) is 4.59. The lowest BCUT2D eigenvalue weighted by Gasteiger charge is -1.94. The van der Waals surface area contributed by atoms with Crippen LogP contribution in [0.2, 0.25) is 0 Å².